The van der Waals surface area contributed by atoms with Crippen molar-refractivity contribution in [2.75, 3.05) is 32.0 Å². The molecule has 1 saturated heterocycles. The molecular formula is C27H42N4O3. The molecule has 0 bridgehead atoms. The lowest BCUT2D eigenvalue weighted by Gasteiger charge is -2.37. The fourth-order valence-electron chi connectivity index (χ4n) is 5.28. The largest absolute Gasteiger partial charge is 0.353 e. The van der Waals surface area contributed by atoms with Crippen molar-refractivity contribution in [1.82, 2.24) is 15.1 Å². The number of anilines is 1. The molecule has 2 fully saturated rings. The first kappa shape index (κ1) is 26.2. The number of para-hydroxylation sites is 1. The first-order valence-electron chi connectivity index (χ1n) is 13.0. The van der Waals surface area contributed by atoms with Crippen LogP contribution in [-0.4, -0.2) is 66.3 Å². The number of benzene rings is 1. The van der Waals surface area contributed by atoms with Crippen molar-refractivity contribution in [2.45, 2.75) is 83.7 Å². The van der Waals surface area contributed by atoms with Crippen molar-refractivity contribution in [2.24, 2.45) is 5.92 Å². The molecule has 1 unspecified atom stereocenters. The Morgan fingerprint density at radius 2 is 1.71 bits per heavy atom. The molecule has 0 radical (unpaired) electrons. The third-order valence-electron chi connectivity index (χ3n) is 7.43. The lowest BCUT2D eigenvalue weighted by atomic mass is 9.86. The summed E-state index contributed by atoms with van der Waals surface area (Å²) in [6.07, 6.45) is 9.38. The summed E-state index contributed by atoms with van der Waals surface area (Å²) in [4.78, 5) is 41.6. The van der Waals surface area contributed by atoms with Gasteiger partial charge in [0.05, 0.1) is 12.6 Å². The van der Waals surface area contributed by atoms with E-state index in [1.165, 1.54) is 37.0 Å². The van der Waals surface area contributed by atoms with Crippen LogP contribution in [0.15, 0.2) is 24.3 Å². The Labute approximate surface area is 204 Å². The maximum Gasteiger partial charge on any atom is 0.243 e. The van der Waals surface area contributed by atoms with Crippen LogP contribution in [0.5, 0.6) is 0 Å². The Kier molecular flexibility index (Phi) is 9.93. The quantitative estimate of drug-likeness (QED) is 0.578. The number of amides is 3. The number of nitrogens with one attached hydrogen (secondary N) is 2. The molecule has 188 valence electrons. The van der Waals surface area contributed by atoms with Crippen LogP contribution < -0.4 is 10.6 Å². The second-order valence-electron chi connectivity index (χ2n) is 10.0. The molecule has 7 nitrogen and oxygen atoms in total. The highest BCUT2D eigenvalue weighted by molar-refractivity contribution is 5.95. The molecule has 1 heterocycles. The Balaban J connectivity index is 1.40. The standard InChI is InChI=1S/C27H42N4O3/c1-4-22-12-8-9-13-24(22)29-26(33)19-30(3)27(34)20(2)31-16-14-23(15-17-31)28-25(32)18-21-10-6-5-7-11-21/h8-9,12-13,20-21,23H,4-7,10-11,14-19H2,1-3H3,(H,28,32)(H,29,33). The number of hydrogen-bond acceptors (Lipinski definition) is 4. The lowest BCUT2D eigenvalue weighted by Crippen LogP contribution is -2.52. The fraction of sp³-hybridized carbons (Fsp3) is 0.667. The van der Waals surface area contributed by atoms with Gasteiger partial charge in [-0.05, 0) is 56.6 Å². The van der Waals surface area contributed by atoms with E-state index in [0.717, 1.165) is 43.6 Å². The van der Waals surface area contributed by atoms with E-state index in [1.54, 1.807) is 7.05 Å². The Hall–Kier alpha value is -2.41. The van der Waals surface area contributed by atoms with Gasteiger partial charge in [0, 0.05) is 38.3 Å². The van der Waals surface area contributed by atoms with E-state index in [9.17, 15) is 14.4 Å². The predicted octanol–water partition coefficient (Wildman–Crippen LogP) is 3.59. The second kappa shape index (κ2) is 12.9. The van der Waals surface area contributed by atoms with Gasteiger partial charge in [-0.1, -0.05) is 44.4 Å². The summed E-state index contributed by atoms with van der Waals surface area (Å²) in [5.74, 6) is 0.488. The number of rotatable bonds is 9. The minimum Gasteiger partial charge on any atom is -0.353 e. The average molecular weight is 471 g/mol. The van der Waals surface area contributed by atoms with Crippen molar-refractivity contribution in [1.29, 1.82) is 0 Å². The zero-order valence-electron chi connectivity index (χ0n) is 21.1. The summed E-state index contributed by atoms with van der Waals surface area (Å²) < 4.78 is 0. The van der Waals surface area contributed by atoms with Gasteiger partial charge in [0.2, 0.25) is 17.7 Å². The molecule has 1 aliphatic heterocycles. The molecule has 1 aromatic carbocycles. The number of likely N-dealkylation sites (N-methyl/N-ethyl adjacent to an activating group) is 1. The maximum atomic E-state index is 13.0. The molecule has 2 aliphatic rings. The van der Waals surface area contributed by atoms with Crippen molar-refractivity contribution in [3.05, 3.63) is 29.8 Å². The highest BCUT2D eigenvalue weighted by atomic mass is 16.2. The molecule has 0 aromatic heterocycles. The third kappa shape index (κ3) is 7.55. The van der Waals surface area contributed by atoms with Crippen LogP contribution >= 0.6 is 0 Å². The zero-order chi connectivity index (χ0) is 24.5. The molecule has 3 amide bonds. The number of nitrogens with zero attached hydrogens (tertiary/aromatic N) is 2. The Morgan fingerprint density at radius 1 is 1.03 bits per heavy atom. The summed E-state index contributed by atoms with van der Waals surface area (Å²) in [5, 5.41) is 6.15. The van der Waals surface area contributed by atoms with Crippen molar-refractivity contribution < 1.29 is 14.4 Å². The van der Waals surface area contributed by atoms with Gasteiger partial charge in [0.1, 0.15) is 0 Å². The molecule has 34 heavy (non-hydrogen) atoms. The molecular weight excluding hydrogens is 428 g/mol. The van der Waals surface area contributed by atoms with E-state index < -0.39 is 0 Å². The van der Waals surface area contributed by atoms with E-state index in [-0.39, 0.29) is 36.3 Å². The van der Waals surface area contributed by atoms with E-state index in [4.69, 9.17) is 0 Å². The predicted molar refractivity (Wildman–Crippen MR) is 135 cm³/mol. The maximum absolute atomic E-state index is 13.0. The highest BCUT2D eigenvalue weighted by Gasteiger charge is 2.30. The van der Waals surface area contributed by atoms with E-state index in [2.05, 4.69) is 15.5 Å². The Bertz CT molecular complexity index is 829. The zero-order valence-corrected chi connectivity index (χ0v) is 21.1. The second-order valence-corrected chi connectivity index (χ2v) is 10.0. The van der Waals surface area contributed by atoms with Gasteiger partial charge in [-0.25, -0.2) is 0 Å². The van der Waals surface area contributed by atoms with Gasteiger partial charge in [-0.15, -0.1) is 0 Å². The van der Waals surface area contributed by atoms with Crippen LogP contribution in [0, 0.1) is 5.92 Å². The molecule has 1 aliphatic carbocycles. The van der Waals surface area contributed by atoms with Crippen molar-refractivity contribution >= 4 is 23.4 Å². The van der Waals surface area contributed by atoms with Gasteiger partial charge in [-0.3, -0.25) is 19.3 Å². The third-order valence-corrected chi connectivity index (χ3v) is 7.43. The van der Waals surface area contributed by atoms with Crippen LogP contribution in [0.3, 0.4) is 0 Å². The number of carbonyl (C=O) groups is 3. The van der Waals surface area contributed by atoms with Crippen molar-refractivity contribution in [3.63, 3.8) is 0 Å². The van der Waals surface area contributed by atoms with E-state index in [1.807, 2.05) is 38.1 Å². The topological polar surface area (TPSA) is 81.8 Å². The van der Waals surface area contributed by atoms with Gasteiger partial charge in [-0.2, -0.15) is 0 Å². The first-order chi connectivity index (χ1) is 16.4. The summed E-state index contributed by atoms with van der Waals surface area (Å²) in [6, 6.07) is 7.63. The number of piperidine rings is 1. The molecule has 7 heteroatoms. The first-order valence-corrected chi connectivity index (χ1v) is 13.0. The van der Waals surface area contributed by atoms with Crippen LogP contribution in [-0.2, 0) is 20.8 Å². The number of hydrogen-bond donors (Lipinski definition) is 2. The smallest absolute Gasteiger partial charge is 0.243 e. The highest BCUT2D eigenvalue weighted by Crippen LogP contribution is 2.26. The van der Waals surface area contributed by atoms with Crippen molar-refractivity contribution in [3.8, 4) is 0 Å². The van der Waals surface area contributed by atoms with Gasteiger partial charge in [0.25, 0.3) is 0 Å². The normalized spacial score (nSPS) is 18.8. The van der Waals surface area contributed by atoms with Gasteiger partial charge in [0.15, 0.2) is 0 Å². The minimum atomic E-state index is -0.292. The summed E-state index contributed by atoms with van der Waals surface area (Å²) in [5.41, 5.74) is 1.88. The molecule has 0 spiro atoms. The van der Waals surface area contributed by atoms with Gasteiger partial charge < -0.3 is 15.5 Å². The number of carbonyl (C=O) groups excluding carboxylic acids is 3. The molecule has 2 N–H and O–H groups in total. The van der Waals surface area contributed by atoms with Crippen LogP contribution in [0.1, 0.15) is 70.8 Å². The van der Waals surface area contributed by atoms with Crippen LogP contribution in [0.25, 0.3) is 0 Å². The molecule has 1 atom stereocenters. The molecule has 1 saturated carbocycles. The van der Waals surface area contributed by atoms with Gasteiger partial charge >= 0.3 is 0 Å². The molecule has 3 rings (SSSR count). The summed E-state index contributed by atoms with van der Waals surface area (Å²) in [7, 11) is 1.68. The average Bonchev–Trinajstić information content (AvgIpc) is 2.84. The lowest BCUT2D eigenvalue weighted by molar-refractivity contribution is -0.138. The number of likely N-dealkylation sites (tertiary alicyclic amines) is 1. The minimum absolute atomic E-state index is 0.0227. The Morgan fingerprint density at radius 3 is 2.38 bits per heavy atom. The summed E-state index contributed by atoms with van der Waals surface area (Å²) >= 11 is 0. The van der Waals surface area contributed by atoms with Crippen LogP contribution in [0.2, 0.25) is 0 Å². The van der Waals surface area contributed by atoms with E-state index >= 15 is 0 Å². The molecule has 1 aromatic rings. The SMILES string of the molecule is CCc1ccccc1NC(=O)CN(C)C(=O)C(C)N1CCC(NC(=O)CC2CCCCC2)CC1. The summed E-state index contributed by atoms with van der Waals surface area (Å²) in [6.45, 7) is 5.52. The monoisotopic (exact) mass is 470 g/mol. The fourth-order valence-corrected chi connectivity index (χ4v) is 5.28. The van der Waals surface area contributed by atoms with E-state index in [0.29, 0.717) is 12.3 Å². The number of aryl methyl sites for hydroxylation is 1. The van der Waals surface area contributed by atoms with Crippen LogP contribution in [0.4, 0.5) is 5.69 Å².